The van der Waals surface area contributed by atoms with Crippen molar-refractivity contribution >= 4 is 70.2 Å². The molecule has 0 aliphatic carbocycles. The van der Waals surface area contributed by atoms with Crippen molar-refractivity contribution < 1.29 is 41.8 Å². The van der Waals surface area contributed by atoms with Crippen LogP contribution in [0.5, 0.6) is 0 Å². The third-order valence-corrected chi connectivity index (χ3v) is 13.9. The van der Waals surface area contributed by atoms with Gasteiger partial charge in [0.25, 0.3) is 5.91 Å². The smallest absolute Gasteiger partial charge is 0.335 e. The zero-order valence-corrected chi connectivity index (χ0v) is 48.9. The van der Waals surface area contributed by atoms with Crippen LogP contribution in [0.15, 0.2) is 115 Å². The number of carbonyl (C=O) groups excluding carboxylic acids is 3. The minimum absolute atomic E-state index is 0.00914. The van der Waals surface area contributed by atoms with Crippen molar-refractivity contribution in [1.82, 2.24) is 40.4 Å². The summed E-state index contributed by atoms with van der Waals surface area (Å²) in [5.41, 5.74) is 11.6. The van der Waals surface area contributed by atoms with Crippen LogP contribution in [0.4, 0.5) is 73.4 Å². The van der Waals surface area contributed by atoms with Crippen molar-refractivity contribution in [2.45, 2.75) is 33.9 Å². The quantitative estimate of drug-likeness (QED) is 0.0371. The molecule has 0 saturated carbocycles. The normalized spacial score (nSPS) is 12.2. The number of aromatic nitrogens is 4. The van der Waals surface area contributed by atoms with Crippen LogP contribution < -0.4 is 42.1 Å². The van der Waals surface area contributed by atoms with Gasteiger partial charge in [-0.15, -0.1) is 0 Å². The molecule has 2 aliphatic heterocycles. The average molecular weight is 1200 g/mol. The van der Waals surface area contributed by atoms with Gasteiger partial charge in [-0.25, -0.2) is 51.7 Å². The number of carbonyl (C=O) groups is 4. The number of anilines is 8. The molecule has 88 heavy (non-hydrogen) atoms. The summed E-state index contributed by atoms with van der Waals surface area (Å²) in [7, 11) is 7.61. The summed E-state index contributed by atoms with van der Waals surface area (Å²) in [4.78, 5) is 74.9. The number of nitrogens with two attached hydrogens (primary N) is 1. The summed E-state index contributed by atoms with van der Waals surface area (Å²) in [6, 6.07) is 31.0. The molecule has 0 radical (unpaired) electrons. The number of halogens is 4. The SMILES string of the molecule is Cc1ccc(C(=O)Nc2cccc(C#N)c2C)cc1-c1nc(NCCN(C)C)nc2c1CNC(=O)N2c1c(F)cccc1F.Cc1ccc(C(=O)O)cc1-c1nc(NCCN(C)C)nc2c1CNC(=O)N2c1c(F)cccc1F.N#Cc1cccc(N)c1. The Bertz CT molecular complexity index is 4060. The molecule has 450 valence electrons. The fraction of sp³-hybridized carbons (Fsp3) is 0.206. The summed E-state index contributed by atoms with van der Waals surface area (Å²) in [5.74, 6) is -4.92. The fourth-order valence-corrected chi connectivity index (χ4v) is 9.25. The highest BCUT2D eigenvalue weighted by Crippen LogP contribution is 2.41. The van der Waals surface area contributed by atoms with E-state index in [1.54, 1.807) is 80.6 Å². The van der Waals surface area contributed by atoms with Gasteiger partial charge in [-0.2, -0.15) is 20.5 Å². The second kappa shape index (κ2) is 27.8. The van der Waals surface area contributed by atoms with Crippen molar-refractivity contribution in [2.24, 2.45) is 0 Å². The lowest BCUT2D eigenvalue weighted by Gasteiger charge is -2.31. The Labute approximate surface area is 504 Å². The van der Waals surface area contributed by atoms with Crippen LogP contribution in [-0.2, 0) is 13.1 Å². The van der Waals surface area contributed by atoms with Gasteiger partial charge in [0.15, 0.2) is 11.6 Å². The van der Waals surface area contributed by atoms with E-state index in [0.717, 1.165) is 45.2 Å². The number of para-hydroxylation sites is 2. The number of likely N-dealkylation sites (N-methyl/N-ethyl adjacent to an activating group) is 2. The Balaban J connectivity index is 0.000000203. The molecule has 5 amide bonds. The first-order valence-electron chi connectivity index (χ1n) is 27.2. The predicted molar refractivity (Wildman–Crippen MR) is 326 cm³/mol. The molecule has 8 aromatic rings. The van der Waals surface area contributed by atoms with E-state index < -0.39 is 58.6 Å². The van der Waals surface area contributed by atoms with Gasteiger partial charge in [0.05, 0.1) is 53.3 Å². The van der Waals surface area contributed by atoms with E-state index in [-0.39, 0.29) is 42.2 Å². The number of carboxylic acid groups (broad SMARTS) is 1. The molecule has 2 aliphatic rings. The van der Waals surface area contributed by atoms with Crippen molar-refractivity contribution in [3.8, 4) is 34.7 Å². The fourth-order valence-electron chi connectivity index (χ4n) is 9.25. The van der Waals surface area contributed by atoms with Gasteiger partial charge in [-0.3, -0.25) is 4.79 Å². The Hall–Kier alpha value is -11.0. The van der Waals surface area contributed by atoms with E-state index in [1.165, 1.54) is 24.3 Å². The standard InChI is InChI=1S/C32H30F2N8O2.C24H24F2N6O3.C7H6N2/c1-18-11-12-20(30(43)38-26-10-5-7-21(16-35)19(26)2)15-22(18)27-23-17-37-32(44)42(28-24(33)8-6-9-25(28)34)29(23)40-31(39-27)36-13-14-41(3)4;1-13-7-8-14(22(33)34)11-15(13)19-16-12-28-24(35)32(20-17(25)5-4-6-18(20)26)21(16)30-23(29-19)27-9-10-31(2)3;8-5-6-2-1-3-7(9)4-6/h5-12,15H,13-14,17H2,1-4H3,(H,37,44)(H,38,43)(H,36,39,40);4-8,11H,9-10,12H2,1-3H3,(H,28,35)(H,33,34)(H,27,29,30);1-4H,9H2. The number of aromatic carboxylic acids is 1. The molecule has 0 bridgehead atoms. The molecular formula is C63H60F4N16O5. The van der Waals surface area contributed by atoms with Crippen LogP contribution in [0.1, 0.15) is 59.7 Å². The number of nitrogens with zero attached hydrogens (tertiary/aromatic N) is 10. The largest absolute Gasteiger partial charge is 0.478 e. The topological polar surface area (TPSA) is 287 Å². The van der Waals surface area contributed by atoms with Crippen molar-refractivity contribution in [1.29, 1.82) is 10.5 Å². The number of urea groups is 2. The van der Waals surface area contributed by atoms with Crippen LogP contribution in [-0.4, -0.2) is 113 Å². The molecule has 0 atom stereocenters. The van der Waals surface area contributed by atoms with Gasteiger partial charge in [0, 0.05) is 65.4 Å². The first kappa shape index (κ1) is 63.0. The lowest BCUT2D eigenvalue weighted by molar-refractivity contribution is 0.0696. The molecule has 10 rings (SSSR count). The molecule has 25 heteroatoms. The van der Waals surface area contributed by atoms with Gasteiger partial charge >= 0.3 is 18.0 Å². The summed E-state index contributed by atoms with van der Waals surface area (Å²) >= 11 is 0. The number of fused-ring (bicyclic) bond motifs is 2. The minimum atomic E-state index is -1.11. The van der Waals surface area contributed by atoms with Crippen LogP contribution in [0.2, 0.25) is 0 Å². The summed E-state index contributed by atoms with van der Waals surface area (Å²) in [6.07, 6.45) is 0. The first-order chi connectivity index (χ1) is 42.1. The Morgan fingerprint density at radius 3 is 1.51 bits per heavy atom. The molecule has 2 aromatic heterocycles. The van der Waals surface area contributed by atoms with E-state index in [1.807, 2.05) is 51.0 Å². The summed E-state index contributed by atoms with van der Waals surface area (Å²) in [6.45, 7) is 7.58. The van der Waals surface area contributed by atoms with Crippen molar-refractivity contribution in [3.63, 3.8) is 0 Å². The number of nitrogens with one attached hydrogen (secondary N) is 5. The van der Waals surface area contributed by atoms with Crippen LogP contribution in [0, 0.1) is 66.7 Å². The molecular weight excluding hydrogens is 1140 g/mol. The third-order valence-electron chi connectivity index (χ3n) is 13.9. The van der Waals surface area contributed by atoms with E-state index in [2.05, 4.69) is 47.6 Å². The molecule has 0 saturated heterocycles. The maximum Gasteiger partial charge on any atom is 0.335 e. The monoisotopic (exact) mass is 1200 g/mol. The van der Waals surface area contributed by atoms with Gasteiger partial charge in [0.1, 0.15) is 34.6 Å². The Morgan fingerprint density at radius 2 is 1.08 bits per heavy atom. The van der Waals surface area contributed by atoms with E-state index >= 15 is 0 Å². The molecule has 0 fully saturated rings. The molecule has 0 spiro atoms. The lowest BCUT2D eigenvalue weighted by atomic mass is 9.97. The third kappa shape index (κ3) is 14.4. The number of amides is 5. The number of nitriles is 2. The highest BCUT2D eigenvalue weighted by atomic mass is 19.1. The summed E-state index contributed by atoms with van der Waals surface area (Å²) < 4.78 is 59.4. The Morgan fingerprint density at radius 1 is 0.625 bits per heavy atom. The van der Waals surface area contributed by atoms with Crippen LogP contribution >= 0.6 is 0 Å². The number of carboxylic acids is 1. The van der Waals surface area contributed by atoms with Gasteiger partial charge in [0.2, 0.25) is 11.9 Å². The number of hydrogen-bond acceptors (Lipinski definition) is 15. The number of rotatable bonds is 15. The van der Waals surface area contributed by atoms with E-state index in [4.69, 9.17) is 16.0 Å². The number of aryl methyl sites for hydroxylation is 2. The van der Waals surface area contributed by atoms with E-state index in [0.29, 0.717) is 93.4 Å². The zero-order chi connectivity index (χ0) is 63.5. The second-order valence-corrected chi connectivity index (χ2v) is 20.6. The molecule has 8 N–H and O–H groups in total. The number of benzene rings is 6. The van der Waals surface area contributed by atoms with E-state index in [9.17, 15) is 47.1 Å². The number of hydrogen-bond donors (Lipinski definition) is 7. The Kier molecular flexibility index (Phi) is 19.9. The molecule has 21 nitrogen and oxygen atoms in total. The molecule has 4 heterocycles. The molecule has 0 unspecified atom stereocenters. The zero-order valence-electron chi connectivity index (χ0n) is 48.9. The van der Waals surface area contributed by atoms with Crippen LogP contribution in [0.25, 0.3) is 22.5 Å². The second-order valence-electron chi connectivity index (χ2n) is 20.6. The predicted octanol–water partition coefficient (Wildman–Crippen LogP) is 10.4. The maximum atomic E-state index is 15.0. The van der Waals surface area contributed by atoms with Crippen LogP contribution in [0.3, 0.4) is 0 Å². The first-order valence-corrected chi connectivity index (χ1v) is 27.2. The van der Waals surface area contributed by atoms with Gasteiger partial charge in [-0.1, -0.05) is 36.4 Å². The van der Waals surface area contributed by atoms with Crippen molar-refractivity contribution in [2.75, 3.05) is 85.9 Å². The van der Waals surface area contributed by atoms with Gasteiger partial charge in [-0.05, 0) is 145 Å². The maximum absolute atomic E-state index is 15.0. The van der Waals surface area contributed by atoms with Crippen molar-refractivity contribution in [3.05, 3.63) is 189 Å². The highest BCUT2D eigenvalue weighted by Gasteiger charge is 2.36. The summed E-state index contributed by atoms with van der Waals surface area (Å²) in [5, 5.41) is 41.6. The highest BCUT2D eigenvalue weighted by molar-refractivity contribution is 6.07. The molecule has 6 aromatic carbocycles. The average Bonchev–Trinajstić information content (AvgIpc) is 1.28. The lowest BCUT2D eigenvalue weighted by Crippen LogP contribution is -2.43. The van der Waals surface area contributed by atoms with Gasteiger partial charge < -0.3 is 47.2 Å². The number of nitrogen functional groups attached to an aromatic ring is 1. The minimum Gasteiger partial charge on any atom is -0.478 e.